The van der Waals surface area contributed by atoms with Crippen molar-refractivity contribution in [3.63, 3.8) is 0 Å². The van der Waals surface area contributed by atoms with Gasteiger partial charge >= 0.3 is 0 Å². The minimum atomic E-state index is -0.240. The van der Waals surface area contributed by atoms with E-state index in [0.29, 0.717) is 23.7 Å². The van der Waals surface area contributed by atoms with Crippen LogP contribution >= 0.6 is 0 Å². The van der Waals surface area contributed by atoms with Gasteiger partial charge in [0, 0.05) is 24.5 Å². The predicted octanol–water partition coefficient (Wildman–Crippen LogP) is 4.20. The van der Waals surface area contributed by atoms with E-state index in [-0.39, 0.29) is 11.9 Å². The van der Waals surface area contributed by atoms with Gasteiger partial charge in [0.1, 0.15) is 5.69 Å². The zero-order valence-corrected chi connectivity index (χ0v) is 16.8. The molecule has 3 rings (SSSR count). The smallest absolute Gasteiger partial charge is 0.270 e. The third-order valence-corrected chi connectivity index (χ3v) is 4.58. The lowest BCUT2D eigenvalue weighted by molar-refractivity contribution is 0.0946. The molecule has 1 amide bonds. The topological polar surface area (TPSA) is 72.5 Å². The number of hydrogen-bond acceptors (Lipinski definition) is 5. The van der Waals surface area contributed by atoms with Gasteiger partial charge in [0.25, 0.3) is 5.91 Å². The third kappa shape index (κ3) is 5.25. The monoisotopic (exact) mass is 391 g/mol. The fourth-order valence-corrected chi connectivity index (χ4v) is 2.98. The highest BCUT2D eigenvalue weighted by Crippen LogP contribution is 2.27. The number of rotatable bonds is 8. The van der Waals surface area contributed by atoms with Crippen LogP contribution in [0.5, 0.6) is 11.5 Å². The molecule has 0 saturated heterocycles. The summed E-state index contributed by atoms with van der Waals surface area (Å²) in [6.45, 7) is 2.44. The Balaban J connectivity index is 1.63. The molecule has 3 aromatic rings. The number of carbonyl (C=O) groups excluding carboxylic acids is 1. The first-order chi connectivity index (χ1) is 14.1. The Kier molecular flexibility index (Phi) is 6.68. The minimum absolute atomic E-state index is 0.112. The van der Waals surface area contributed by atoms with Crippen LogP contribution in [-0.4, -0.2) is 25.1 Å². The summed E-state index contributed by atoms with van der Waals surface area (Å²) in [7, 11) is 3.17. The summed E-state index contributed by atoms with van der Waals surface area (Å²) >= 11 is 0. The molecule has 0 aliphatic carbocycles. The second kappa shape index (κ2) is 9.59. The first kappa shape index (κ1) is 20.2. The maximum Gasteiger partial charge on any atom is 0.270 e. The van der Waals surface area contributed by atoms with Crippen molar-refractivity contribution in [1.82, 2.24) is 10.3 Å². The molecule has 6 nitrogen and oxygen atoms in total. The van der Waals surface area contributed by atoms with E-state index < -0.39 is 0 Å². The summed E-state index contributed by atoms with van der Waals surface area (Å²) in [5.41, 5.74) is 3.27. The molecule has 0 bridgehead atoms. The molecule has 0 fully saturated rings. The van der Waals surface area contributed by atoms with E-state index >= 15 is 0 Å². The van der Waals surface area contributed by atoms with Crippen molar-refractivity contribution < 1.29 is 14.3 Å². The lowest BCUT2D eigenvalue weighted by Crippen LogP contribution is -2.24. The van der Waals surface area contributed by atoms with Gasteiger partial charge in [0.05, 0.1) is 14.2 Å². The van der Waals surface area contributed by atoms with Gasteiger partial charge in [-0.15, -0.1) is 0 Å². The summed E-state index contributed by atoms with van der Waals surface area (Å²) in [5.74, 6) is 1.03. The highest BCUT2D eigenvalue weighted by molar-refractivity contribution is 5.93. The molecule has 29 heavy (non-hydrogen) atoms. The molecule has 0 aliphatic heterocycles. The van der Waals surface area contributed by atoms with E-state index in [1.807, 2.05) is 42.5 Å². The lowest BCUT2D eigenvalue weighted by Gasteiger charge is -2.16. The van der Waals surface area contributed by atoms with Gasteiger partial charge < -0.3 is 20.1 Å². The largest absolute Gasteiger partial charge is 0.493 e. The minimum Gasteiger partial charge on any atom is -0.493 e. The average Bonchev–Trinajstić information content (AvgIpc) is 2.78. The molecule has 0 spiro atoms. The lowest BCUT2D eigenvalue weighted by atomic mass is 10.1. The van der Waals surface area contributed by atoms with Crippen molar-refractivity contribution in [3.05, 3.63) is 83.7 Å². The number of methoxy groups -OCH3 is 2. The molecule has 2 N–H and O–H groups in total. The van der Waals surface area contributed by atoms with E-state index in [0.717, 1.165) is 11.3 Å². The van der Waals surface area contributed by atoms with Crippen molar-refractivity contribution in [3.8, 4) is 11.5 Å². The number of amides is 1. The number of nitrogens with zero attached hydrogens (tertiary/aromatic N) is 1. The van der Waals surface area contributed by atoms with E-state index in [1.165, 1.54) is 5.56 Å². The van der Waals surface area contributed by atoms with Crippen molar-refractivity contribution in [2.75, 3.05) is 19.5 Å². The molecule has 0 saturated carbocycles. The summed E-state index contributed by atoms with van der Waals surface area (Å²) < 4.78 is 10.5. The Morgan fingerprint density at radius 3 is 2.48 bits per heavy atom. The highest BCUT2D eigenvalue weighted by Gasteiger charge is 2.11. The van der Waals surface area contributed by atoms with Crippen LogP contribution in [0.3, 0.4) is 0 Å². The molecule has 0 radical (unpaired) electrons. The van der Waals surface area contributed by atoms with Gasteiger partial charge in [-0.1, -0.05) is 36.4 Å². The molecule has 1 unspecified atom stereocenters. The second-order valence-electron chi connectivity index (χ2n) is 6.58. The van der Waals surface area contributed by atoms with Crippen LogP contribution < -0.4 is 20.1 Å². The van der Waals surface area contributed by atoms with Gasteiger partial charge in [-0.3, -0.25) is 9.78 Å². The second-order valence-corrected chi connectivity index (χ2v) is 6.58. The van der Waals surface area contributed by atoms with Gasteiger partial charge in [-0.05, 0) is 42.3 Å². The van der Waals surface area contributed by atoms with Gasteiger partial charge in [0.15, 0.2) is 11.5 Å². The number of aromatic nitrogens is 1. The van der Waals surface area contributed by atoms with Gasteiger partial charge in [-0.2, -0.15) is 0 Å². The number of ether oxygens (including phenoxy) is 2. The zero-order chi connectivity index (χ0) is 20.6. The Morgan fingerprint density at radius 1 is 1.00 bits per heavy atom. The molecule has 0 aliphatic rings. The average molecular weight is 391 g/mol. The fraction of sp³-hybridized carbons (Fsp3) is 0.217. The molecule has 1 atom stereocenters. The first-order valence-electron chi connectivity index (χ1n) is 9.37. The quantitative estimate of drug-likeness (QED) is 0.602. The van der Waals surface area contributed by atoms with E-state index in [9.17, 15) is 4.79 Å². The predicted molar refractivity (Wildman–Crippen MR) is 113 cm³/mol. The number of nitrogens with one attached hydrogen (secondary N) is 2. The molecule has 150 valence electrons. The molecule has 1 heterocycles. The molecule has 1 aromatic heterocycles. The number of carbonyl (C=O) groups is 1. The Labute approximate surface area is 170 Å². The standard InChI is InChI=1S/C23H25N3O3/c1-16(18-7-5-4-6-8-18)26-19-11-12-24-20(14-19)23(27)25-15-17-9-10-21(28-2)22(13-17)29-3/h4-14,16H,15H2,1-3H3,(H,24,26)(H,25,27). The molecule has 2 aromatic carbocycles. The van der Waals surface area contributed by atoms with Crippen LogP contribution in [0.2, 0.25) is 0 Å². The summed E-state index contributed by atoms with van der Waals surface area (Å²) in [4.78, 5) is 16.7. The number of pyridine rings is 1. The van der Waals surface area contributed by atoms with Crippen LogP contribution in [0.25, 0.3) is 0 Å². The van der Waals surface area contributed by atoms with Crippen molar-refractivity contribution in [1.29, 1.82) is 0 Å². The Morgan fingerprint density at radius 2 is 1.76 bits per heavy atom. The summed E-state index contributed by atoms with van der Waals surface area (Å²) in [6, 6.07) is 19.4. The van der Waals surface area contributed by atoms with E-state index in [4.69, 9.17) is 9.47 Å². The molecular formula is C23H25N3O3. The van der Waals surface area contributed by atoms with Crippen molar-refractivity contribution in [2.45, 2.75) is 19.5 Å². The summed E-state index contributed by atoms with van der Waals surface area (Å²) in [5, 5.41) is 6.30. The van der Waals surface area contributed by atoms with Gasteiger partial charge in [0.2, 0.25) is 0 Å². The van der Waals surface area contributed by atoms with Crippen molar-refractivity contribution in [2.24, 2.45) is 0 Å². The third-order valence-electron chi connectivity index (χ3n) is 4.58. The van der Waals surface area contributed by atoms with Crippen LogP contribution in [0.15, 0.2) is 66.9 Å². The van der Waals surface area contributed by atoms with E-state index in [1.54, 1.807) is 26.5 Å². The number of anilines is 1. The van der Waals surface area contributed by atoms with Gasteiger partial charge in [-0.25, -0.2) is 0 Å². The van der Waals surface area contributed by atoms with Crippen LogP contribution in [-0.2, 0) is 6.54 Å². The summed E-state index contributed by atoms with van der Waals surface area (Å²) in [6.07, 6.45) is 1.63. The Bertz CT molecular complexity index is 961. The first-order valence-corrected chi connectivity index (χ1v) is 9.37. The van der Waals surface area contributed by atoms with E-state index in [2.05, 4.69) is 34.7 Å². The molecular weight excluding hydrogens is 366 g/mol. The van der Waals surface area contributed by atoms with Crippen molar-refractivity contribution >= 4 is 11.6 Å². The Hall–Kier alpha value is -3.54. The van der Waals surface area contributed by atoms with Crippen LogP contribution in [0.4, 0.5) is 5.69 Å². The SMILES string of the molecule is COc1ccc(CNC(=O)c2cc(NC(C)c3ccccc3)ccn2)cc1OC. The number of benzene rings is 2. The maximum atomic E-state index is 12.5. The molecule has 6 heteroatoms. The highest BCUT2D eigenvalue weighted by atomic mass is 16.5. The van der Waals surface area contributed by atoms with Crippen LogP contribution in [0, 0.1) is 0 Å². The number of hydrogen-bond donors (Lipinski definition) is 2. The normalized spacial score (nSPS) is 11.4. The zero-order valence-electron chi connectivity index (χ0n) is 16.8. The maximum absolute atomic E-state index is 12.5. The fourth-order valence-electron chi connectivity index (χ4n) is 2.98. The van der Waals surface area contributed by atoms with Crippen LogP contribution in [0.1, 0.15) is 34.6 Å².